The molecule has 1 N–H and O–H groups in total. The number of likely N-dealkylation sites (tertiary alicyclic amines) is 1. The van der Waals surface area contributed by atoms with Crippen LogP contribution in [0.2, 0.25) is 0 Å². The van der Waals surface area contributed by atoms with Gasteiger partial charge in [-0.25, -0.2) is 0 Å². The molecule has 1 aliphatic heterocycles. The van der Waals surface area contributed by atoms with E-state index < -0.39 is 0 Å². The van der Waals surface area contributed by atoms with Gasteiger partial charge in [-0.2, -0.15) is 0 Å². The van der Waals surface area contributed by atoms with Crippen LogP contribution in [-0.2, 0) is 0 Å². The van der Waals surface area contributed by atoms with Crippen LogP contribution in [0.3, 0.4) is 0 Å². The third-order valence-electron chi connectivity index (χ3n) is 5.25. The zero-order valence-corrected chi connectivity index (χ0v) is 13.7. The van der Waals surface area contributed by atoms with Crippen LogP contribution in [0.1, 0.15) is 57.8 Å². The van der Waals surface area contributed by atoms with E-state index >= 15 is 0 Å². The van der Waals surface area contributed by atoms with Crippen LogP contribution in [0, 0.1) is 0 Å². The molecule has 0 aromatic heterocycles. The van der Waals surface area contributed by atoms with Crippen molar-refractivity contribution in [2.24, 2.45) is 0 Å². The maximum Gasteiger partial charge on any atom is 0.0113 e. The summed E-state index contributed by atoms with van der Waals surface area (Å²) in [5.41, 5.74) is 0. The van der Waals surface area contributed by atoms with Crippen LogP contribution in [0.15, 0.2) is 0 Å². The van der Waals surface area contributed by atoms with Gasteiger partial charge in [0, 0.05) is 25.2 Å². The molecule has 0 spiro atoms. The maximum absolute atomic E-state index is 3.82. The van der Waals surface area contributed by atoms with E-state index in [4.69, 9.17) is 0 Å². The smallest absolute Gasteiger partial charge is 0.0113 e. The Balaban J connectivity index is 1.56. The second kappa shape index (κ2) is 9.01. The predicted octanol–water partition coefficient (Wildman–Crippen LogP) is 2.71. The first kappa shape index (κ1) is 16.3. The van der Waals surface area contributed by atoms with E-state index in [0.29, 0.717) is 0 Å². The molecule has 3 heteroatoms. The van der Waals surface area contributed by atoms with Crippen molar-refractivity contribution < 1.29 is 0 Å². The molecule has 0 atom stereocenters. The van der Waals surface area contributed by atoms with Crippen LogP contribution >= 0.6 is 0 Å². The normalized spacial score (nSPS) is 24.8. The van der Waals surface area contributed by atoms with Crippen molar-refractivity contribution in [1.82, 2.24) is 15.1 Å². The topological polar surface area (TPSA) is 18.5 Å². The second-order valence-corrected chi connectivity index (χ2v) is 7.03. The molecule has 2 rings (SSSR count). The molecule has 0 aromatic rings. The van der Waals surface area contributed by atoms with Gasteiger partial charge in [0.05, 0.1) is 0 Å². The average molecular weight is 281 g/mol. The summed E-state index contributed by atoms with van der Waals surface area (Å²) in [7, 11) is 4.44. The lowest BCUT2D eigenvalue weighted by Crippen LogP contribution is -2.45. The van der Waals surface area contributed by atoms with Crippen LogP contribution < -0.4 is 5.32 Å². The van der Waals surface area contributed by atoms with Crippen molar-refractivity contribution in [1.29, 1.82) is 0 Å². The number of piperidine rings is 1. The lowest BCUT2D eigenvalue weighted by Gasteiger charge is -2.35. The summed E-state index contributed by atoms with van der Waals surface area (Å²) in [5, 5.41) is 3.82. The molecule has 20 heavy (non-hydrogen) atoms. The van der Waals surface area contributed by atoms with Gasteiger partial charge in [-0.15, -0.1) is 0 Å². The Morgan fingerprint density at radius 3 is 2.10 bits per heavy atom. The average Bonchev–Trinajstić information content (AvgIpc) is 2.41. The Kier molecular flexibility index (Phi) is 7.32. The Morgan fingerprint density at radius 1 is 0.900 bits per heavy atom. The Bertz CT molecular complexity index is 239. The first-order valence-electron chi connectivity index (χ1n) is 8.88. The highest BCUT2D eigenvalue weighted by Crippen LogP contribution is 2.17. The highest BCUT2D eigenvalue weighted by atomic mass is 15.2. The zero-order valence-electron chi connectivity index (χ0n) is 13.7. The Labute approximate surface area is 126 Å². The first-order chi connectivity index (χ1) is 9.75. The summed E-state index contributed by atoms with van der Waals surface area (Å²) in [6.07, 6.45) is 12.7. The third-order valence-corrected chi connectivity index (χ3v) is 5.25. The molecule has 0 unspecified atom stereocenters. The molecule has 0 aromatic carbocycles. The number of nitrogens with one attached hydrogen (secondary N) is 1. The number of rotatable bonds is 5. The van der Waals surface area contributed by atoms with E-state index in [1.54, 1.807) is 0 Å². The van der Waals surface area contributed by atoms with Gasteiger partial charge in [-0.05, 0) is 52.9 Å². The predicted molar refractivity (Wildman–Crippen MR) is 87.3 cm³/mol. The highest BCUT2D eigenvalue weighted by Gasteiger charge is 2.20. The van der Waals surface area contributed by atoms with Gasteiger partial charge in [0.25, 0.3) is 0 Å². The number of hydrogen-bond donors (Lipinski definition) is 1. The summed E-state index contributed by atoms with van der Waals surface area (Å²) < 4.78 is 0. The van der Waals surface area contributed by atoms with E-state index in [1.165, 1.54) is 84.0 Å². The molecule has 2 fully saturated rings. The fraction of sp³-hybridized carbons (Fsp3) is 1.00. The van der Waals surface area contributed by atoms with Crippen molar-refractivity contribution >= 4 is 0 Å². The largest absolute Gasteiger partial charge is 0.313 e. The molecule has 0 bridgehead atoms. The summed E-state index contributed by atoms with van der Waals surface area (Å²) in [6, 6.07) is 1.61. The van der Waals surface area contributed by atoms with Crippen molar-refractivity contribution in [2.45, 2.75) is 69.9 Å². The lowest BCUT2D eigenvalue weighted by molar-refractivity contribution is 0.144. The van der Waals surface area contributed by atoms with Crippen LogP contribution in [0.4, 0.5) is 0 Å². The molecule has 1 saturated heterocycles. The summed E-state index contributed by atoms with van der Waals surface area (Å²) in [6.45, 7) is 5.01. The molecule has 0 amide bonds. The zero-order chi connectivity index (χ0) is 14.2. The fourth-order valence-corrected chi connectivity index (χ4v) is 3.75. The van der Waals surface area contributed by atoms with Gasteiger partial charge < -0.3 is 15.1 Å². The summed E-state index contributed by atoms with van der Waals surface area (Å²) in [4.78, 5) is 5.04. The second-order valence-electron chi connectivity index (χ2n) is 7.03. The van der Waals surface area contributed by atoms with Gasteiger partial charge in [-0.3, -0.25) is 0 Å². The third kappa shape index (κ3) is 5.71. The van der Waals surface area contributed by atoms with E-state index in [9.17, 15) is 0 Å². The standard InChI is InChI=1S/C17H35N3/c1-19(2)17-10-13-20(14-11-17)15-12-18-16-8-6-4-3-5-7-9-16/h16-18H,3-15H2,1-2H3. The molecule has 1 aliphatic carbocycles. The maximum atomic E-state index is 3.82. The Hall–Kier alpha value is -0.120. The van der Waals surface area contributed by atoms with Crippen LogP contribution in [0.25, 0.3) is 0 Å². The minimum absolute atomic E-state index is 0.801. The van der Waals surface area contributed by atoms with Gasteiger partial charge >= 0.3 is 0 Å². The monoisotopic (exact) mass is 281 g/mol. The van der Waals surface area contributed by atoms with E-state index in [-0.39, 0.29) is 0 Å². The number of hydrogen-bond acceptors (Lipinski definition) is 3. The summed E-state index contributed by atoms with van der Waals surface area (Å²) in [5.74, 6) is 0. The molecule has 3 nitrogen and oxygen atoms in total. The van der Waals surface area contributed by atoms with Crippen molar-refractivity contribution in [3.05, 3.63) is 0 Å². The van der Waals surface area contributed by atoms with Gasteiger partial charge in [0.15, 0.2) is 0 Å². The van der Waals surface area contributed by atoms with E-state index in [2.05, 4.69) is 29.2 Å². The molecule has 0 radical (unpaired) electrons. The van der Waals surface area contributed by atoms with Gasteiger partial charge in [-0.1, -0.05) is 32.1 Å². The lowest BCUT2D eigenvalue weighted by atomic mass is 9.97. The van der Waals surface area contributed by atoms with Crippen LogP contribution in [0.5, 0.6) is 0 Å². The minimum Gasteiger partial charge on any atom is -0.313 e. The fourth-order valence-electron chi connectivity index (χ4n) is 3.75. The molecule has 1 heterocycles. The van der Waals surface area contributed by atoms with E-state index in [1.807, 2.05) is 0 Å². The molecule has 1 saturated carbocycles. The minimum atomic E-state index is 0.801. The molecular formula is C17H35N3. The molecular weight excluding hydrogens is 246 g/mol. The number of nitrogens with zero attached hydrogens (tertiary/aromatic N) is 2. The van der Waals surface area contributed by atoms with Crippen molar-refractivity contribution in [3.63, 3.8) is 0 Å². The van der Waals surface area contributed by atoms with Crippen molar-refractivity contribution in [2.75, 3.05) is 40.3 Å². The molecule has 118 valence electrons. The summed E-state index contributed by atoms with van der Waals surface area (Å²) >= 11 is 0. The van der Waals surface area contributed by atoms with E-state index in [0.717, 1.165) is 12.1 Å². The van der Waals surface area contributed by atoms with Gasteiger partial charge in [0.2, 0.25) is 0 Å². The SMILES string of the molecule is CN(C)C1CCN(CCNC2CCCCCCC2)CC1. The molecule has 2 aliphatic rings. The van der Waals surface area contributed by atoms with Crippen LogP contribution in [-0.4, -0.2) is 62.2 Å². The highest BCUT2D eigenvalue weighted by molar-refractivity contribution is 4.78. The first-order valence-corrected chi connectivity index (χ1v) is 8.88. The van der Waals surface area contributed by atoms with Crippen molar-refractivity contribution in [3.8, 4) is 0 Å². The Morgan fingerprint density at radius 2 is 1.50 bits per heavy atom. The quantitative estimate of drug-likeness (QED) is 0.836. The van der Waals surface area contributed by atoms with Gasteiger partial charge in [0.1, 0.15) is 0 Å².